The summed E-state index contributed by atoms with van der Waals surface area (Å²) < 4.78 is 42.0. The van der Waals surface area contributed by atoms with Crippen LogP contribution in [0.1, 0.15) is 156 Å². The predicted molar refractivity (Wildman–Crippen MR) is 341 cm³/mol. The lowest BCUT2D eigenvalue weighted by molar-refractivity contribution is -0.299. The third kappa shape index (κ3) is 20.4. The van der Waals surface area contributed by atoms with Crippen molar-refractivity contribution in [2.75, 3.05) is 47.9 Å². The average molecular weight is 1300 g/mol. The first-order valence-electron chi connectivity index (χ1n) is 33.1. The van der Waals surface area contributed by atoms with Gasteiger partial charge in [0.25, 0.3) is 0 Å². The largest absolute Gasteiger partial charge is 0.493 e. The monoisotopic (exact) mass is 1300 g/mol. The van der Waals surface area contributed by atoms with Crippen LogP contribution in [-0.2, 0) is 42.8 Å². The quantitative estimate of drug-likeness (QED) is 0.134. The van der Waals surface area contributed by atoms with Crippen LogP contribution in [0, 0.1) is 35.5 Å². The van der Waals surface area contributed by atoms with Gasteiger partial charge in [0.1, 0.15) is 53.6 Å². The summed E-state index contributed by atoms with van der Waals surface area (Å²) >= 11 is 0. The van der Waals surface area contributed by atoms with E-state index in [1.165, 1.54) is 32.6 Å². The molecule has 1 amide bonds. The number of rotatable bonds is 12. The Kier molecular flexibility index (Phi) is 30.1. The van der Waals surface area contributed by atoms with E-state index in [1.54, 1.807) is 81.6 Å². The topological polar surface area (TPSA) is 340 Å². The molecule has 24 nitrogen and oxygen atoms in total. The van der Waals surface area contributed by atoms with Crippen LogP contribution in [0.4, 0.5) is 0 Å². The van der Waals surface area contributed by atoms with E-state index in [2.05, 4.69) is 5.32 Å². The van der Waals surface area contributed by atoms with Crippen molar-refractivity contribution in [1.82, 2.24) is 20.0 Å². The number of ether oxygens (including phenoxy) is 7. The molecule has 4 aliphatic heterocycles. The number of benzene rings is 1. The minimum atomic E-state index is -1.79. The number of nitrogens with one attached hydrogen (secondary N) is 1. The molecule has 0 aliphatic carbocycles. The first-order chi connectivity index (χ1) is 42.1. The number of carbonyl (C=O) groups is 3. The summed E-state index contributed by atoms with van der Waals surface area (Å²) in [6, 6.07) is 7.16. The SMILES string of the molecule is CC[C@H]1OC(=O)[C@H](C)[C@@H](O)[C@H](C)[C@@H](O[C@@H]2O[C@H](C)C[C@H](N(C)C(=O)CCOc3ccccc3)[C@H]2O)[C@](C)(O)C[C@@H](C)CN(C)[C@H](C)[C@@H](O)[C@]1(C)O.CC[C@H]1OC(=O)[C@H](C)[C@@H](O)[C@H](C)[C@@H](O[C@@H]2O[C@H](C)C[C@H](NC)[C@H]2O)[C@](C)(O)C[C@@H](C)CN(C)[C@H](C)[C@@H](O)[C@]1(C)O. The Balaban J connectivity index is 0.000000400. The first-order valence-corrected chi connectivity index (χ1v) is 33.1. The van der Waals surface area contributed by atoms with Crippen LogP contribution >= 0.6 is 0 Å². The lowest BCUT2D eigenvalue weighted by atomic mass is 9.78. The molecule has 1 aromatic carbocycles. The van der Waals surface area contributed by atoms with Gasteiger partial charge in [0.15, 0.2) is 12.6 Å². The maximum absolute atomic E-state index is 13.5. The summed E-state index contributed by atoms with van der Waals surface area (Å²) in [5.41, 5.74) is -6.65. The number of nitrogens with zero attached hydrogens (tertiary/aromatic N) is 3. The molecule has 1 aromatic rings. The van der Waals surface area contributed by atoms with Gasteiger partial charge in [-0.05, 0) is 153 Å². The molecular formula is C67H120N4O20. The molecule has 0 bridgehead atoms. The number of likely N-dealkylation sites (N-methyl/N-ethyl adjacent to an activating group) is 4. The summed E-state index contributed by atoms with van der Waals surface area (Å²) in [6.07, 6.45) is -12.9. The van der Waals surface area contributed by atoms with Crippen molar-refractivity contribution in [3.05, 3.63) is 30.3 Å². The Morgan fingerprint density at radius 2 is 1.02 bits per heavy atom. The Hall–Kier alpha value is -3.25. The maximum atomic E-state index is 13.5. The highest BCUT2D eigenvalue weighted by Gasteiger charge is 2.53. The molecule has 91 heavy (non-hydrogen) atoms. The molecule has 24 heteroatoms. The lowest BCUT2D eigenvalue weighted by Gasteiger charge is -2.47. The van der Waals surface area contributed by atoms with Crippen LogP contribution in [0.2, 0.25) is 0 Å². The van der Waals surface area contributed by atoms with Gasteiger partial charge in [-0.2, -0.15) is 0 Å². The summed E-state index contributed by atoms with van der Waals surface area (Å²) in [4.78, 5) is 45.2. The molecule has 0 aromatic heterocycles. The number of amides is 1. The molecule has 0 saturated carbocycles. The predicted octanol–water partition coefficient (Wildman–Crippen LogP) is 2.97. The molecule has 11 N–H and O–H groups in total. The minimum Gasteiger partial charge on any atom is -0.493 e. The van der Waals surface area contributed by atoms with Crippen molar-refractivity contribution < 1.29 is 98.6 Å². The fraction of sp³-hybridized carbons (Fsp3) is 0.866. The van der Waals surface area contributed by atoms with Crippen molar-refractivity contribution in [2.24, 2.45) is 35.5 Å². The molecule has 5 rings (SSSR count). The zero-order valence-corrected chi connectivity index (χ0v) is 58.2. The van der Waals surface area contributed by atoms with E-state index in [1.807, 2.05) is 69.8 Å². The highest BCUT2D eigenvalue weighted by Crippen LogP contribution is 2.39. The van der Waals surface area contributed by atoms with E-state index in [4.69, 9.17) is 33.2 Å². The number of aliphatic hydroxyl groups excluding tert-OH is 6. The zero-order chi connectivity index (χ0) is 69.2. The number of carbonyl (C=O) groups excluding carboxylic acids is 3. The number of aliphatic hydroxyl groups is 10. The van der Waals surface area contributed by atoms with Crippen LogP contribution in [0.15, 0.2) is 30.3 Å². The fourth-order valence-electron chi connectivity index (χ4n) is 14.3. The van der Waals surface area contributed by atoms with Crippen molar-refractivity contribution in [2.45, 2.75) is 288 Å². The second-order valence-corrected chi connectivity index (χ2v) is 28.6. The highest BCUT2D eigenvalue weighted by atomic mass is 16.7. The Morgan fingerprint density at radius 3 is 1.42 bits per heavy atom. The summed E-state index contributed by atoms with van der Waals surface area (Å²) in [5.74, 6) is -5.19. The van der Waals surface area contributed by atoms with Gasteiger partial charge in [-0.25, -0.2) is 0 Å². The van der Waals surface area contributed by atoms with Crippen LogP contribution in [0.5, 0.6) is 5.75 Å². The van der Waals surface area contributed by atoms with Gasteiger partial charge in [0.05, 0.1) is 78.7 Å². The number of para-hydroxylation sites is 1. The molecule has 4 fully saturated rings. The summed E-state index contributed by atoms with van der Waals surface area (Å²) in [5, 5.41) is 118. The van der Waals surface area contributed by atoms with Gasteiger partial charge in [-0.1, -0.05) is 59.7 Å². The number of cyclic esters (lactones) is 2. The molecule has 0 unspecified atom stereocenters. The molecule has 528 valence electrons. The van der Waals surface area contributed by atoms with Crippen LogP contribution in [0.3, 0.4) is 0 Å². The number of hydrogen-bond acceptors (Lipinski definition) is 23. The molecule has 4 heterocycles. The zero-order valence-electron chi connectivity index (χ0n) is 58.2. The van der Waals surface area contributed by atoms with Gasteiger partial charge < -0.3 is 104 Å². The molecule has 0 spiro atoms. The molecular weight excluding hydrogens is 1180 g/mol. The molecule has 28 atom stereocenters. The van der Waals surface area contributed by atoms with Crippen molar-refractivity contribution in [3.8, 4) is 5.75 Å². The lowest BCUT2D eigenvalue weighted by Crippen LogP contribution is -2.60. The van der Waals surface area contributed by atoms with Crippen LogP contribution in [-0.4, -0.2) is 264 Å². The van der Waals surface area contributed by atoms with Gasteiger partial charge in [-0.15, -0.1) is 0 Å². The van der Waals surface area contributed by atoms with E-state index in [0.29, 0.717) is 31.7 Å². The van der Waals surface area contributed by atoms with Gasteiger partial charge in [-0.3, -0.25) is 14.4 Å². The van der Waals surface area contributed by atoms with E-state index in [0.717, 1.165) is 0 Å². The molecule has 4 aliphatic rings. The van der Waals surface area contributed by atoms with Crippen LogP contribution in [0.25, 0.3) is 0 Å². The van der Waals surface area contributed by atoms with Crippen molar-refractivity contribution in [1.29, 1.82) is 0 Å². The highest BCUT2D eigenvalue weighted by molar-refractivity contribution is 5.76. The second-order valence-electron chi connectivity index (χ2n) is 28.6. The van der Waals surface area contributed by atoms with Crippen LogP contribution < -0.4 is 10.1 Å². The number of hydrogen-bond donors (Lipinski definition) is 11. The summed E-state index contributed by atoms with van der Waals surface area (Å²) in [7, 11) is 7.00. The van der Waals surface area contributed by atoms with E-state index >= 15 is 0 Å². The van der Waals surface area contributed by atoms with E-state index in [-0.39, 0.29) is 68.6 Å². The fourth-order valence-corrected chi connectivity index (χ4v) is 14.3. The second kappa shape index (κ2) is 34.1. The van der Waals surface area contributed by atoms with Gasteiger partial charge >= 0.3 is 11.9 Å². The smallest absolute Gasteiger partial charge is 0.311 e. The summed E-state index contributed by atoms with van der Waals surface area (Å²) in [6.45, 7) is 28.2. The standard InChI is InChI=1S/C38H64N2O11.C29H56N2O9/c1-11-29-38(8,47)33(44)26(6)39(9)21-22(2)20-37(7,46)34(24(4)31(42)25(5)35(45)50-29)51-36-32(43)28(19-23(3)49-36)40(10)30(41)17-18-48-27-15-13-12-14-16-27;1-11-21-29(8,37)24(34)19(6)31(10)14-15(2)13-28(7,36)25(17(4)22(32)18(5)26(35)39-21)40-27-23(33)20(30-9)12-16(3)38-27/h12-16,22-26,28-29,31-34,36,42-44,46-47H,11,17-21H2,1-10H3;15-25,27,30,32-34,36-37H,11-14H2,1-10H3/t22-,23-,24+,25-,26-,28+,29-,31+,32-,33-,34-,36+,37-,38-;15-,16-,17+,18-,19-,20+,21-,22+,23-,24-,25-,27+,28-,29-/m11/s1. The van der Waals surface area contributed by atoms with Crippen molar-refractivity contribution >= 4 is 17.8 Å². The average Bonchev–Trinajstić information content (AvgIpc) is 1.68. The van der Waals surface area contributed by atoms with Gasteiger partial charge in [0, 0.05) is 50.1 Å². The minimum absolute atomic E-state index is 0.0836. The molecule has 0 radical (unpaired) electrons. The Morgan fingerprint density at radius 1 is 0.626 bits per heavy atom. The molecule has 4 saturated heterocycles. The first kappa shape index (κ1) is 80.2. The van der Waals surface area contributed by atoms with Gasteiger partial charge in [0.2, 0.25) is 5.91 Å². The third-order valence-electron chi connectivity index (χ3n) is 20.2. The van der Waals surface area contributed by atoms with E-state index in [9.17, 15) is 65.4 Å². The maximum Gasteiger partial charge on any atom is 0.311 e. The third-order valence-corrected chi connectivity index (χ3v) is 20.2. The van der Waals surface area contributed by atoms with Crippen molar-refractivity contribution in [3.63, 3.8) is 0 Å². The normalized spacial score (nSPS) is 44.5. The number of esters is 2. The van der Waals surface area contributed by atoms with E-state index < -0.39 is 156 Å². The Labute approximate surface area is 542 Å². The Bertz CT molecular complexity index is 2370.